The number of halogens is 2. The Hall–Kier alpha value is -1.15. The van der Waals surface area contributed by atoms with Crippen molar-refractivity contribution in [1.29, 1.82) is 5.26 Å². The third-order valence-electron chi connectivity index (χ3n) is 4.14. The smallest absolute Gasteiger partial charge is 0.125 e. The number of benzene rings is 1. The first-order chi connectivity index (χ1) is 9.05. The van der Waals surface area contributed by atoms with Gasteiger partial charge >= 0.3 is 0 Å². The molecule has 1 N–H and O–H groups in total. The Labute approximate surface area is 115 Å². The van der Waals surface area contributed by atoms with Gasteiger partial charge in [-0.15, -0.1) is 0 Å². The topological polar surface area (TPSA) is 53.2 Å². The number of nitriles is 1. The molecule has 4 atom stereocenters. The lowest BCUT2D eigenvalue weighted by atomic mass is 9.69. The van der Waals surface area contributed by atoms with E-state index in [1.807, 2.05) is 0 Å². The molecule has 3 nitrogen and oxygen atoms in total. The van der Waals surface area contributed by atoms with E-state index in [9.17, 15) is 14.8 Å². The average Bonchev–Trinajstić information content (AvgIpc) is 2.97. The minimum atomic E-state index is -1.08. The lowest BCUT2D eigenvalue weighted by molar-refractivity contribution is 0.00328. The molecule has 1 aromatic carbocycles. The quantitative estimate of drug-likeness (QED) is 0.907. The summed E-state index contributed by atoms with van der Waals surface area (Å²) < 4.78 is 19.1. The molecule has 2 bridgehead atoms. The number of aliphatic hydroxyl groups excluding tert-OH is 1. The summed E-state index contributed by atoms with van der Waals surface area (Å²) in [5.41, 5.74) is -0.650. The highest BCUT2D eigenvalue weighted by molar-refractivity contribution is 6.30. The molecule has 2 heterocycles. The fourth-order valence-corrected chi connectivity index (χ4v) is 3.47. The number of hydrogen-bond donors (Lipinski definition) is 1. The monoisotopic (exact) mass is 281 g/mol. The lowest BCUT2D eigenvalue weighted by Crippen LogP contribution is -2.37. The zero-order valence-electron chi connectivity index (χ0n) is 10.1. The first kappa shape index (κ1) is 12.9. The van der Waals surface area contributed by atoms with Crippen LogP contribution in [0.4, 0.5) is 4.39 Å². The van der Waals surface area contributed by atoms with E-state index in [4.69, 9.17) is 16.3 Å². The van der Waals surface area contributed by atoms with E-state index in [0.717, 1.165) is 12.8 Å². The van der Waals surface area contributed by atoms with Gasteiger partial charge in [-0.2, -0.15) is 5.26 Å². The molecule has 0 radical (unpaired) electrons. The van der Waals surface area contributed by atoms with Crippen LogP contribution in [0, 0.1) is 22.6 Å². The number of aliphatic hydroxyl groups is 1. The molecule has 1 aromatic rings. The lowest BCUT2D eigenvalue weighted by Gasteiger charge is -2.33. The van der Waals surface area contributed by atoms with Gasteiger partial charge in [0.05, 0.1) is 18.3 Å². The summed E-state index contributed by atoms with van der Waals surface area (Å²) >= 11 is 5.80. The van der Waals surface area contributed by atoms with E-state index in [1.165, 1.54) is 18.2 Å². The van der Waals surface area contributed by atoms with Crippen LogP contribution >= 0.6 is 11.6 Å². The maximum atomic E-state index is 13.4. The minimum Gasteiger partial charge on any atom is -0.387 e. The Bertz CT molecular complexity index is 539. The molecule has 0 aliphatic carbocycles. The van der Waals surface area contributed by atoms with Gasteiger partial charge in [0.2, 0.25) is 0 Å². The van der Waals surface area contributed by atoms with Gasteiger partial charge in [-0.05, 0) is 43.0 Å². The molecular formula is C14H13ClFNO2. The summed E-state index contributed by atoms with van der Waals surface area (Å²) in [6.45, 7) is 0. The molecule has 0 amide bonds. The van der Waals surface area contributed by atoms with Crippen LogP contribution in [0.1, 0.15) is 30.9 Å². The zero-order valence-corrected chi connectivity index (χ0v) is 10.9. The Morgan fingerprint density at radius 2 is 2.26 bits per heavy atom. The first-order valence-corrected chi connectivity index (χ1v) is 6.64. The largest absolute Gasteiger partial charge is 0.387 e. The number of ether oxygens (including phenoxy) is 1. The molecule has 2 fully saturated rings. The number of nitrogens with zero attached hydrogens (tertiary/aromatic N) is 1. The number of hydrogen-bond acceptors (Lipinski definition) is 3. The van der Waals surface area contributed by atoms with Crippen LogP contribution in [0.15, 0.2) is 18.2 Å². The molecule has 0 saturated carbocycles. The third kappa shape index (κ3) is 1.93. The maximum Gasteiger partial charge on any atom is 0.125 e. The second-order valence-corrected chi connectivity index (χ2v) is 5.72. The van der Waals surface area contributed by atoms with E-state index in [-0.39, 0.29) is 17.2 Å². The van der Waals surface area contributed by atoms with Gasteiger partial charge in [-0.1, -0.05) is 11.6 Å². The average molecular weight is 282 g/mol. The second kappa shape index (κ2) is 4.45. The SMILES string of the molecule is N#CC1(C(O)c2cc(F)cc(Cl)c2)CC2CCC1O2. The van der Waals surface area contributed by atoms with Crippen molar-refractivity contribution in [2.45, 2.75) is 37.6 Å². The van der Waals surface area contributed by atoms with Gasteiger partial charge in [0.25, 0.3) is 0 Å². The molecule has 0 aromatic heterocycles. The predicted octanol–water partition coefficient (Wildman–Crippen LogP) is 2.97. The van der Waals surface area contributed by atoms with Gasteiger partial charge < -0.3 is 9.84 Å². The van der Waals surface area contributed by atoms with Gasteiger partial charge in [0, 0.05) is 5.02 Å². The van der Waals surface area contributed by atoms with Crippen molar-refractivity contribution in [3.8, 4) is 6.07 Å². The van der Waals surface area contributed by atoms with Gasteiger partial charge in [0.1, 0.15) is 17.3 Å². The van der Waals surface area contributed by atoms with Crippen molar-refractivity contribution in [1.82, 2.24) is 0 Å². The van der Waals surface area contributed by atoms with E-state index in [1.54, 1.807) is 0 Å². The Morgan fingerprint density at radius 3 is 2.79 bits per heavy atom. The summed E-state index contributed by atoms with van der Waals surface area (Å²) in [6, 6.07) is 6.10. The number of fused-ring (bicyclic) bond motifs is 2. The van der Waals surface area contributed by atoms with Crippen LogP contribution in [0.5, 0.6) is 0 Å². The van der Waals surface area contributed by atoms with Crippen molar-refractivity contribution in [2.24, 2.45) is 5.41 Å². The molecular weight excluding hydrogens is 269 g/mol. The van der Waals surface area contributed by atoms with Gasteiger partial charge in [-0.3, -0.25) is 0 Å². The van der Waals surface area contributed by atoms with Crippen molar-refractivity contribution in [3.05, 3.63) is 34.6 Å². The highest BCUT2D eigenvalue weighted by Gasteiger charge is 2.57. The zero-order chi connectivity index (χ0) is 13.6. The summed E-state index contributed by atoms with van der Waals surface area (Å²) in [5.74, 6) is -0.515. The van der Waals surface area contributed by atoms with Crippen LogP contribution in [-0.2, 0) is 4.74 Å². The molecule has 3 rings (SSSR count). The molecule has 100 valence electrons. The Balaban J connectivity index is 1.98. The fraction of sp³-hybridized carbons (Fsp3) is 0.500. The highest BCUT2D eigenvalue weighted by Crippen LogP contribution is 2.54. The third-order valence-corrected chi connectivity index (χ3v) is 4.36. The van der Waals surface area contributed by atoms with Crippen molar-refractivity contribution >= 4 is 11.6 Å². The van der Waals surface area contributed by atoms with E-state index in [0.29, 0.717) is 12.0 Å². The van der Waals surface area contributed by atoms with Crippen LogP contribution in [-0.4, -0.2) is 17.3 Å². The molecule has 2 aliphatic heterocycles. The molecule has 5 heteroatoms. The summed E-state index contributed by atoms with van der Waals surface area (Å²) in [7, 11) is 0. The van der Waals surface area contributed by atoms with Crippen molar-refractivity contribution in [2.75, 3.05) is 0 Å². The molecule has 2 aliphatic rings. The standard InChI is InChI=1S/C14H13ClFNO2/c15-9-3-8(4-10(16)5-9)13(18)14(7-17)6-11-1-2-12(14)19-11/h3-5,11-13,18H,1-2,6H2. The van der Waals surface area contributed by atoms with E-state index < -0.39 is 17.3 Å². The first-order valence-electron chi connectivity index (χ1n) is 6.26. The normalized spacial score (nSPS) is 34.2. The molecule has 2 saturated heterocycles. The second-order valence-electron chi connectivity index (χ2n) is 5.29. The minimum absolute atomic E-state index is 0.0309. The van der Waals surface area contributed by atoms with E-state index >= 15 is 0 Å². The van der Waals surface area contributed by atoms with Crippen LogP contribution in [0.25, 0.3) is 0 Å². The Kier molecular flexibility index (Phi) is 3.01. The van der Waals surface area contributed by atoms with Crippen LogP contribution < -0.4 is 0 Å². The van der Waals surface area contributed by atoms with Crippen molar-refractivity contribution < 1.29 is 14.2 Å². The maximum absolute atomic E-state index is 13.4. The summed E-state index contributed by atoms with van der Waals surface area (Å²) in [6.07, 6.45) is 0.843. The molecule has 0 spiro atoms. The van der Waals surface area contributed by atoms with Gasteiger partial charge in [-0.25, -0.2) is 4.39 Å². The molecule has 19 heavy (non-hydrogen) atoms. The predicted molar refractivity (Wildman–Crippen MR) is 66.9 cm³/mol. The van der Waals surface area contributed by atoms with Gasteiger partial charge in [0.15, 0.2) is 0 Å². The van der Waals surface area contributed by atoms with E-state index in [2.05, 4.69) is 6.07 Å². The number of rotatable bonds is 2. The Morgan fingerprint density at radius 1 is 1.47 bits per heavy atom. The molecule has 4 unspecified atom stereocenters. The summed E-state index contributed by atoms with van der Waals surface area (Å²) in [5, 5.41) is 20.2. The highest BCUT2D eigenvalue weighted by atomic mass is 35.5. The van der Waals surface area contributed by atoms with Crippen LogP contribution in [0.3, 0.4) is 0 Å². The summed E-state index contributed by atoms with van der Waals surface area (Å²) in [4.78, 5) is 0. The fourth-order valence-electron chi connectivity index (χ4n) is 3.24. The van der Waals surface area contributed by atoms with Crippen molar-refractivity contribution in [3.63, 3.8) is 0 Å². The van der Waals surface area contributed by atoms with Crippen LogP contribution in [0.2, 0.25) is 5.02 Å².